The van der Waals surface area contributed by atoms with Crippen molar-refractivity contribution in [1.82, 2.24) is 0 Å². The van der Waals surface area contributed by atoms with Gasteiger partial charge in [-0.3, -0.25) is 0 Å². The Bertz CT molecular complexity index is 223. The van der Waals surface area contributed by atoms with Gasteiger partial charge in [-0.05, 0) is 6.08 Å². The van der Waals surface area contributed by atoms with Gasteiger partial charge < -0.3 is 18.9 Å². The summed E-state index contributed by atoms with van der Waals surface area (Å²) in [4.78, 5) is 11.1. The van der Waals surface area contributed by atoms with Crippen molar-refractivity contribution in [3.63, 3.8) is 0 Å². The van der Waals surface area contributed by atoms with Crippen LogP contribution in [0.4, 0.5) is 0 Å². The molecule has 0 spiro atoms. The molecule has 0 fully saturated rings. The van der Waals surface area contributed by atoms with Crippen LogP contribution in [0.3, 0.4) is 0 Å². The quantitative estimate of drug-likeness (QED) is 0.586. The molecule has 74 valence electrons. The summed E-state index contributed by atoms with van der Waals surface area (Å²) in [7, 11) is 4.23. The number of hydrogen-bond donors (Lipinski definition) is 0. The molecule has 13 heavy (non-hydrogen) atoms. The summed E-state index contributed by atoms with van der Waals surface area (Å²) >= 11 is 0. The van der Waals surface area contributed by atoms with E-state index in [2.05, 4.69) is 4.74 Å². The second kappa shape index (κ2) is 4.36. The minimum Gasteiger partial charge on any atom is -0.466 e. The monoisotopic (exact) mass is 188 g/mol. The number of hydrogen-bond acceptors (Lipinski definition) is 5. The average molecular weight is 188 g/mol. The van der Waals surface area contributed by atoms with Gasteiger partial charge in [-0.15, -0.1) is 0 Å². The van der Waals surface area contributed by atoms with E-state index in [1.165, 1.54) is 27.4 Å². The van der Waals surface area contributed by atoms with Crippen LogP contribution in [0, 0.1) is 0 Å². The van der Waals surface area contributed by atoms with E-state index in [1.54, 1.807) is 0 Å². The Morgan fingerprint density at radius 3 is 2.54 bits per heavy atom. The number of carbonyl (C=O) groups excluding carboxylic acids is 1. The summed E-state index contributed by atoms with van der Waals surface area (Å²) in [5.41, 5.74) is 0.330. The molecule has 0 radical (unpaired) electrons. The second-order valence-electron chi connectivity index (χ2n) is 2.42. The number of esters is 1. The zero-order chi connectivity index (χ0) is 9.84. The largest absolute Gasteiger partial charge is 0.466 e. The lowest BCUT2D eigenvalue weighted by atomic mass is 10.2. The molecular weight excluding hydrogens is 176 g/mol. The lowest BCUT2D eigenvalue weighted by Crippen LogP contribution is -2.21. The standard InChI is InChI=1S/C8H12O5/c1-10-6-4-5(7(9)11-2)8(12-3)13-6/h4,6,8H,1-3H3/t6-,8+/m1/s1. The average Bonchev–Trinajstić information content (AvgIpc) is 2.59. The first-order chi connectivity index (χ1) is 6.22. The van der Waals surface area contributed by atoms with Gasteiger partial charge in [-0.2, -0.15) is 0 Å². The maximum atomic E-state index is 11.1. The molecular formula is C8H12O5. The molecule has 0 aromatic rings. The fraction of sp³-hybridized carbons (Fsp3) is 0.625. The zero-order valence-corrected chi connectivity index (χ0v) is 7.77. The summed E-state index contributed by atoms with van der Waals surface area (Å²) in [6.45, 7) is 0. The van der Waals surface area contributed by atoms with Gasteiger partial charge in [0.1, 0.15) is 0 Å². The maximum Gasteiger partial charge on any atom is 0.338 e. The lowest BCUT2D eigenvalue weighted by molar-refractivity contribution is -0.180. The van der Waals surface area contributed by atoms with Crippen LogP contribution in [0.15, 0.2) is 11.6 Å². The Labute approximate surface area is 76.2 Å². The van der Waals surface area contributed by atoms with Gasteiger partial charge in [0.05, 0.1) is 12.7 Å². The maximum absolute atomic E-state index is 11.1. The zero-order valence-electron chi connectivity index (χ0n) is 7.77. The fourth-order valence-corrected chi connectivity index (χ4v) is 1.05. The molecule has 5 nitrogen and oxygen atoms in total. The van der Waals surface area contributed by atoms with Crippen LogP contribution in [0.25, 0.3) is 0 Å². The van der Waals surface area contributed by atoms with Crippen molar-refractivity contribution in [3.05, 3.63) is 11.6 Å². The highest BCUT2D eigenvalue weighted by atomic mass is 16.8. The molecule has 0 saturated carbocycles. The van der Waals surface area contributed by atoms with Crippen molar-refractivity contribution < 1.29 is 23.7 Å². The van der Waals surface area contributed by atoms with Crippen molar-refractivity contribution >= 4 is 5.97 Å². The van der Waals surface area contributed by atoms with Gasteiger partial charge in [0, 0.05) is 14.2 Å². The topological polar surface area (TPSA) is 54.0 Å². The number of ether oxygens (including phenoxy) is 4. The van der Waals surface area contributed by atoms with E-state index in [1.807, 2.05) is 0 Å². The van der Waals surface area contributed by atoms with Crippen molar-refractivity contribution in [2.75, 3.05) is 21.3 Å². The molecule has 0 aromatic heterocycles. The van der Waals surface area contributed by atoms with E-state index in [-0.39, 0.29) is 0 Å². The summed E-state index contributed by atoms with van der Waals surface area (Å²) in [6.07, 6.45) is 0.288. The van der Waals surface area contributed by atoms with Gasteiger partial charge in [0.25, 0.3) is 0 Å². The molecule has 1 rings (SSSR count). The van der Waals surface area contributed by atoms with Crippen molar-refractivity contribution in [3.8, 4) is 0 Å². The molecule has 1 aliphatic heterocycles. The van der Waals surface area contributed by atoms with Crippen LogP contribution in [-0.4, -0.2) is 39.9 Å². The van der Waals surface area contributed by atoms with E-state index < -0.39 is 18.5 Å². The molecule has 0 N–H and O–H groups in total. The summed E-state index contributed by atoms with van der Waals surface area (Å²) in [5, 5.41) is 0. The van der Waals surface area contributed by atoms with Crippen LogP contribution in [-0.2, 0) is 23.7 Å². The van der Waals surface area contributed by atoms with Crippen LogP contribution < -0.4 is 0 Å². The predicted octanol–water partition coefficient (Wildman–Crippen LogP) is 0.0610. The van der Waals surface area contributed by atoms with Gasteiger partial charge in [-0.25, -0.2) is 4.79 Å². The summed E-state index contributed by atoms with van der Waals surface area (Å²) in [6, 6.07) is 0. The van der Waals surface area contributed by atoms with Crippen molar-refractivity contribution in [2.24, 2.45) is 0 Å². The molecule has 0 aliphatic carbocycles. The Morgan fingerprint density at radius 1 is 1.38 bits per heavy atom. The molecule has 2 atom stereocenters. The molecule has 0 bridgehead atoms. The second-order valence-corrected chi connectivity index (χ2v) is 2.42. The predicted molar refractivity (Wildman–Crippen MR) is 42.8 cm³/mol. The van der Waals surface area contributed by atoms with Gasteiger partial charge in [-0.1, -0.05) is 0 Å². The third-order valence-corrected chi connectivity index (χ3v) is 1.69. The summed E-state index contributed by atoms with van der Waals surface area (Å²) < 4.78 is 19.5. The van der Waals surface area contributed by atoms with Gasteiger partial charge in [0.2, 0.25) is 0 Å². The van der Waals surface area contributed by atoms with E-state index in [0.717, 1.165) is 0 Å². The first kappa shape index (κ1) is 10.2. The number of rotatable bonds is 3. The van der Waals surface area contributed by atoms with Crippen LogP contribution >= 0.6 is 0 Å². The number of methoxy groups -OCH3 is 3. The minimum absolute atomic E-state index is 0.330. The lowest BCUT2D eigenvalue weighted by Gasteiger charge is -2.12. The van der Waals surface area contributed by atoms with Crippen LogP contribution in [0.5, 0.6) is 0 Å². The van der Waals surface area contributed by atoms with E-state index in [0.29, 0.717) is 5.57 Å². The Morgan fingerprint density at radius 2 is 2.08 bits per heavy atom. The molecule has 1 heterocycles. The third kappa shape index (κ3) is 2.06. The number of carbonyl (C=O) groups is 1. The van der Waals surface area contributed by atoms with E-state index in [4.69, 9.17) is 14.2 Å². The normalized spacial score (nSPS) is 27.2. The molecule has 0 aromatic carbocycles. The smallest absolute Gasteiger partial charge is 0.338 e. The van der Waals surface area contributed by atoms with Crippen molar-refractivity contribution in [1.29, 1.82) is 0 Å². The molecule has 0 unspecified atom stereocenters. The van der Waals surface area contributed by atoms with Gasteiger partial charge >= 0.3 is 5.97 Å². The molecule has 1 aliphatic rings. The van der Waals surface area contributed by atoms with E-state index >= 15 is 0 Å². The molecule has 5 heteroatoms. The Kier molecular flexibility index (Phi) is 3.41. The molecule has 0 amide bonds. The highest BCUT2D eigenvalue weighted by Gasteiger charge is 2.32. The first-order valence-corrected chi connectivity index (χ1v) is 3.74. The highest BCUT2D eigenvalue weighted by molar-refractivity contribution is 5.89. The van der Waals surface area contributed by atoms with Crippen LogP contribution in [0.1, 0.15) is 0 Å². The van der Waals surface area contributed by atoms with Crippen molar-refractivity contribution in [2.45, 2.75) is 12.6 Å². The minimum atomic E-state index is -0.697. The van der Waals surface area contributed by atoms with Crippen LogP contribution in [0.2, 0.25) is 0 Å². The molecule has 0 saturated heterocycles. The summed E-state index contributed by atoms with van der Waals surface area (Å²) in [5.74, 6) is -0.466. The Balaban J connectivity index is 2.72. The van der Waals surface area contributed by atoms with E-state index in [9.17, 15) is 4.79 Å². The first-order valence-electron chi connectivity index (χ1n) is 3.74. The van der Waals surface area contributed by atoms with Gasteiger partial charge in [0.15, 0.2) is 12.6 Å². The Hall–Kier alpha value is -0.910. The SMILES string of the molecule is COC(=O)C1=C[C@H](OC)O[C@@H]1OC. The third-order valence-electron chi connectivity index (χ3n) is 1.69. The highest BCUT2D eigenvalue weighted by Crippen LogP contribution is 2.21. The fourth-order valence-electron chi connectivity index (χ4n) is 1.05.